The van der Waals surface area contributed by atoms with Gasteiger partial charge in [0.05, 0.1) is 17.2 Å². The fraction of sp³-hybridized carbons (Fsp3) is 0.250. The molecular weight excluding hydrogens is 316 g/mol. The van der Waals surface area contributed by atoms with Gasteiger partial charge in [0.15, 0.2) is 6.10 Å². The summed E-state index contributed by atoms with van der Waals surface area (Å²) >= 11 is 0. The Labute approximate surface area is 146 Å². The van der Waals surface area contributed by atoms with Crippen LogP contribution in [-0.2, 0) is 16.0 Å². The monoisotopic (exact) mass is 334 g/mol. The van der Waals surface area contributed by atoms with Crippen LogP contribution in [0.2, 0.25) is 0 Å². The van der Waals surface area contributed by atoms with Gasteiger partial charge in [-0.25, -0.2) is 4.79 Å². The number of anilines is 1. The number of nitrogens with zero attached hydrogens (tertiary/aromatic N) is 2. The van der Waals surface area contributed by atoms with Crippen LogP contribution in [0.3, 0.4) is 0 Å². The number of esters is 1. The molecule has 126 valence electrons. The molecule has 0 radical (unpaired) electrons. The topological polar surface area (TPSA) is 70.4 Å². The van der Waals surface area contributed by atoms with Gasteiger partial charge < -0.3 is 9.64 Å². The van der Waals surface area contributed by atoms with Gasteiger partial charge in [0, 0.05) is 11.7 Å². The van der Waals surface area contributed by atoms with Crippen LogP contribution in [0.1, 0.15) is 35.3 Å². The first-order valence-electron chi connectivity index (χ1n) is 8.13. The van der Waals surface area contributed by atoms with Crippen LogP contribution in [0.4, 0.5) is 5.69 Å². The maximum Gasteiger partial charge on any atom is 0.338 e. The van der Waals surface area contributed by atoms with E-state index >= 15 is 0 Å². The molecule has 0 fully saturated rings. The highest BCUT2D eigenvalue weighted by Gasteiger charge is 2.34. The van der Waals surface area contributed by atoms with E-state index in [1.54, 1.807) is 24.0 Å². The summed E-state index contributed by atoms with van der Waals surface area (Å²) in [6.45, 7) is 3.56. The predicted molar refractivity (Wildman–Crippen MR) is 93.1 cm³/mol. The van der Waals surface area contributed by atoms with Gasteiger partial charge >= 0.3 is 5.97 Å². The van der Waals surface area contributed by atoms with Gasteiger partial charge in [0.1, 0.15) is 0 Å². The number of ether oxygens (including phenoxy) is 1. The lowest BCUT2D eigenvalue weighted by Gasteiger charge is -2.25. The molecule has 0 unspecified atom stereocenters. The summed E-state index contributed by atoms with van der Waals surface area (Å²) in [4.78, 5) is 26.7. The van der Waals surface area contributed by atoms with Gasteiger partial charge in [-0.05, 0) is 56.2 Å². The number of para-hydroxylation sites is 1. The highest BCUT2D eigenvalue weighted by Crippen LogP contribution is 2.32. The number of hydrogen-bond acceptors (Lipinski definition) is 4. The summed E-state index contributed by atoms with van der Waals surface area (Å²) in [6.07, 6.45) is -0.102. The van der Waals surface area contributed by atoms with Gasteiger partial charge in [-0.15, -0.1) is 0 Å². The van der Waals surface area contributed by atoms with Crippen molar-refractivity contribution >= 4 is 17.6 Å². The molecule has 1 aliphatic heterocycles. The molecule has 0 aliphatic carbocycles. The summed E-state index contributed by atoms with van der Waals surface area (Å²) in [5, 5.41) is 8.80. The van der Waals surface area contributed by atoms with Crippen LogP contribution in [0.15, 0.2) is 48.5 Å². The van der Waals surface area contributed by atoms with Crippen LogP contribution in [0.25, 0.3) is 0 Å². The first kappa shape index (κ1) is 16.7. The third kappa shape index (κ3) is 3.24. The second-order valence-corrected chi connectivity index (χ2v) is 6.13. The van der Waals surface area contributed by atoms with Crippen LogP contribution >= 0.6 is 0 Å². The molecule has 5 nitrogen and oxygen atoms in total. The van der Waals surface area contributed by atoms with E-state index < -0.39 is 12.1 Å². The lowest BCUT2D eigenvalue weighted by molar-refractivity contribution is -0.126. The average molecular weight is 334 g/mol. The fourth-order valence-electron chi connectivity index (χ4n) is 3.06. The van der Waals surface area contributed by atoms with Crippen molar-refractivity contribution in [2.24, 2.45) is 0 Å². The Bertz CT molecular complexity index is 852. The molecule has 0 aromatic heterocycles. The molecule has 0 saturated carbocycles. The van der Waals surface area contributed by atoms with E-state index in [0.29, 0.717) is 11.1 Å². The van der Waals surface area contributed by atoms with Crippen LogP contribution in [0.5, 0.6) is 0 Å². The Morgan fingerprint density at radius 3 is 2.56 bits per heavy atom. The Hall–Kier alpha value is -3.13. The molecule has 2 aromatic rings. The molecular formula is C20H18N2O3. The highest BCUT2D eigenvalue weighted by atomic mass is 16.5. The summed E-state index contributed by atoms with van der Waals surface area (Å²) < 4.78 is 5.33. The molecule has 1 heterocycles. The van der Waals surface area contributed by atoms with Crippen LogP contribution < -0.4 is 4.90 Å². The summed E-state index contributed by atoms with van der Waals surface area (Å²) in [5.41, 5.74) is 2.77. The van der Waals surface area contributed by atoms with Crippen molar-refractivity contribution in [3.8, 4) is 6.07 Å². The van der Waals surface area contributed by atoms with E-state index in [0.717, 1.165) is 17.7 Å². The second kappa shape index (κ2) is 6.78. The van der Waals surface area contributed by atoms with Crippen molar-refractivity contribution in [1.82, 2.24) is 0 Å². The molecule has 25 heavy (non-hydrogen) atoms. The highest BCUT2D eigenvalue weighted by molar-refractivity contribution is 6.00. The van der Waals surface area contributed by atoms with Gasteiger partial charge in [-0.3, -0.25) is 4.79 Å². The lowest BCUT2D eigenvalue weighted by atomic mass is 10.1. The summed E-state index contributed by atoms with van der Waals surface area (Å²) in [5.74, 6) is -0.815. The van der Waals surface area contributed by atoms with Crippen LogP contribution in [0, 0.1) is 11.3 Å². The third-order valence-electron chi connectivity index (χ3n) is 4.33. The molecule has 0 saturated heterocycles. The van der Waals surface area contributed by atoms with E-state index in [9.17, 15) is 9.59 Å². The molecule has 3 rings (SSSR count). The van der Waals surface area contributed by atoms with Gasteiger partial charge in [0.2, 0.25) is 0 Å². The van der Waals surface area contributed by atoms with E-state index in [1.807, 2.05) is 37.3 Å². The maximum atomic E-state index is 12.8. The van der Waals surface area contributed by atoms with Crippen molar-refractivity contribution in [2.75, 3.05) is 4.90 Å². The van der Waals surface area contributed by atoms with E-state index in [-0.39, 0.29) is 11.9 Å². The summed E-state index contributed by atoms with van der Waals surface area (Å²) in [6, 6.07) is 15.9. The Morgan fingerprint density at radius 1 is 1.20 bits per heavy atom. The number of amides is 1. The second-order valence-electron chi connectivity index (χ2n) is 6.13. The van der Waals surface area contributed by atoms with Crippen molar-refractivity contribution in [1.29, 1.82) is 5.26 Å². The van der Waals surface area contributed by atoms with Crippen molar-refractivity contribution in [3.63, 3.8) is 0 Å². The number of nitriles is 1. The molecule has 2 atom stereocenters. The number of carbonyl (C=O) groups excluding carboxylic acids is 2. The minimum absolute atomic E-state index is 0.0287. The molecule has 0 N–H and O–H groups in total. The van der Waals surface area contributed by atoms with Crippen molar-refractivity contribution in [3.05, 3.63) is 65.2 Å². The molecule has 1 aliphatic rings. The Balaban J connectivity index is 1.72. The quantitative estimate of drug-likeness (QED) is 0.809. The predicted octanol–water partition coefficient (Wildman–Crippen LogP) is 3.08. The van der Waals surface area contributed by atoms with Gasteiger partial charge in [-0.2, -0.15) is 5.26 Å². The van der Waals surface area contributed by atoms with Crippen LogP contribution in [-0.4, -0.2) is 24.0 Å². The third-order valence-corrected chi connectivity index (χ3v) is 4.33. The number of carbonyl (C=O) groups is 2. The number of benzene rings is 2. The summed E-state index contributed by atoms with van der Waals surface area (Å²) in [7, 11) is 0. The van der Waals surface area contributed by atoms with Gasteiger partial charge in [0.25, 0.3) is 5.91 Å². The SMILES string of the molecule is C[C@H](OC(=O)c1ccc(C#N)cc1)C(=O)N1c2ccccc2C[C@@H]1C. The fourth-order valence-corrected chi connectivity index (χ4v) is 3.06. The minimum atomic E-state index is -0.892. The van der Waals surface area contributed by atoms with Gasteiger partial charge in [-0.1, -0.05) is 18.2 Å². The number of fused-ring (bicyclic) bond motifs is 1. The van der Waals surface area contributed by atoms with E-state index in [1.165, 1.54) is 12.1 Å². The standard InChI is InChI=1S/C20H18N2O3/c1-13-11-17-5-3-4-6-18(17)22(13)19(23)14(2)25-20(24)16-9-7-15(12-21)8-10-16/h3-10,13-14H,11H2,1-2H3/t13-,14-/m0/s1. The Morgan fingerprint density at radius 2 is 1.88 bits per heavy atom. The van der Waals surface area contributed by atoms with E-state index in [2.05, 4.69) is 0 Å². The molecule has 0 bridgehead atoms. The zero-order valence-corrected chi connectivity index (χ0v) is 14.1. The zero-order valence-electron chi connectivity index (χ0n) is 14.1. The normalized spacial score (nSPS) is 16.7. The average Bonchev–Trinajstić information content (AvgIpc) is 2.96. The zero-order chi connectivity index (χ0) is 18.0. The molecule has 1 amide bonds. The van der Waals surface area contributed by atoms with Crippen molar-refractivity contribution < 1.29 is 14.3 Å². The van der Waals surface area contributed by atoms with Crippen molar-refractivity contribution in [2.45, 2.75) is 32.4 Å². The largest absolute Gasteiger partial charge is 0.449 e. The Kier molecular flexibility index (Phi) is 4.53. The van der Waals surface area contributed by atoms with E-state index in [4.69, 9.17) is 10.00 Å². The number of rotatable bonds is 3. The lowest BCUT2D eigenvalue weighted by Crippen LogP contribution is -2.43. The first-order valence-corrected chi connectivity index (χ1v) is 8.13. The molecule has 0 spiro atoms. The molecule has 2 aromatic carbocycles. The first-order chi connectivity index (χ1) is 12.0. The number of hydrogen-bond donors (Lipinski definition) is 0. The smallest absolute Gasteiger partial charge is 0.338 e. The minimum Gasteiger partial charge on any atom is -0.449 e. The molecule has 5 heteroatoms. The maximum absolute atomic E-state index is 12.8.